The lowest BCUT2D eigenvalue weighted by Gasteiger charge is -2.15. The van der Waals surface area contributed by atoms with E-state index in [0.717, 1.165) is 5.56 Å². The number of nitrogens with one attached hydrogen (secondary N) is 1. The summed E-state index contributed by atoms with van der Waals surface area (Å²) in [5.74, 6) is 0.417. The molecule has 0 aliphatic heterocycles. The van der Waals surface area contributed by atoms with Crippen LogP contribution in [0.25, 0.3) is 0 Å². The summed E-state index contributed by atoms with van der Waals surface area (Å²) >= 11 is 0. The van der Waals surface area contributed by atoms with Crippen molar-refractivity contribution in [2.45, 2.75) is 26.9 Å². The first kappa shape index (κ1) is 15.8. The van der Waals surface area contributed by atoms with E-state index in [9.17, 15) is 9.59 Å². The Balaban J connectivity index is 1.97. The maximum Gasteiger partial charge on any atom is 0.265 e. The molecule has 1 N–H and O–H groups in total. The molecule has 0 heterocycles. The number of ketones is 1. The molecule has 0 radical (unpaired) electrons. The van der Waals surface area contributed by atoms with Gasteiger partial charge in [-0.15, -0.1) is 0 Å². The number of hydrogen-bond acceptors (Lipinski definition) is 3. The van der Waals surface area contributed by atoms with Crippen molar-refractivity contribution in [1.82, 2.24) is 0 Å². The molecule has 2 aromatic carbocycles. The van der Waals surface area contributed by atoms with Crippen molar-refractivity contribution in [2.24, 2.45) is 0 Å². The average Bonchev–Trinajstić information content (AvgIpc) is 2.47. The smallest absolute Gasteiger partial charge is 0.265 e. The van der Waals surface area contributed by atoms with Gasteiger partial charge in [0.1, 0.15) is 5.75 Å². The number of hydrogen-bond donors (Lipinski definition) is 1. The van der Waals surface area contributed by atoms with Gasteiger partial charge in [0.05, 0.1) is 0 Å². The van der Waals surface area contributed by atoms with Gasteiger partial charge in [0.25, 0.3) is 5.91 Å². The molecule has 114 valence electrons. The third-order valence-electron chi connectivity index (χ3n) is 3.23. The summed E-state index contributed by atoms with van der Waals surface area (Å²) in [6.07, 6.45) is -0.616. The second kappa shape index (κ2) is 6.89. The van der Waals surface area contributed by atoms with Gasteiger partial charge in [0.2, 0.25) is 0 Å². The van der Waals surface area contributed by atoms with Gasteiger partial charge in [-0.1, -0.05) is 12.1 Å². The van der Waals surface area contributed by atoms with Crippen LogP contribution in [-0.4, -0.2) is 17.8 Å². The highest BCUT2D eigenvalue weighted by Gasteiger charge is 2.15. The van der Waals surface area contributed by atoms with Gasteiger partial charge in [-0.05, 0) is 62.7 Å². The van der Waals surface area contributed by atoms with Crippen molar-refractivity contribution < 1.29 is 14.3 Å². The van der Waals surface area contributed by atoms with Crippen molar-refractivity contribution in [3.63, 3.8) is 0 Å². The van der Waals surface area contributed by atoms with Crippen LogP contribution >= 0.6 is 0 Å². The zero-order valence-electron chi connectivity index (χ0n) is 12.9. The van der Waals surface area contributed by atoms with Crippen LogP contribution in [0.15, 0.2) is 48.5 Å². The Morgan fingerprint density at radius 1 is 1.09 bits per heavy atom. The van der Waals surface area contributed by atoms with E-state index >= 15 is 0 Å². The van der Waals surface area contributed by atoms with Gasteiger partial charge in [-0.2, -0.15) is 0 Å². The molecule has 22 heavy (non-hydrogen) atoms. The minimum absolute atomic E-state index is 0.00553. The van der Waals surface area contributed by atoms with Gasteiger partial charge >= 0.3 is 0 Å². The monoisotopic (exact) mass is 297 g/mol. The second-order valence-electron chi connectivity index (χ2n) is 5.20. The molecular formula is C18H19NO3. The fraction of sp³-hybridized carbons (Fsp3) is 0.222. The lowest BCUT2D eigenvalue weighted by Crippen LogP contribution is -2.30. The molecule has 0 spiro atoms. The molecule has 4 heteroatoms. The number of anilines is 1. The fourth-order valence-electron chi connectivity index (χ4n) is 1.98. The zero-order chi connectivity index (χ0) is 16.1. The summed E-state index contributed by atoms with van der Waals surface area (Å²) in [7, 11) is 0. The highest BCUT2D eigenvalue weighted by molar-refractivity contribution is 5.96. The van der Waals surface area contributed by atoms with Crippen LogP contribution in [0.3, 0.4) is 0 Å². The predicted molar refractivity (Wildman–Crippen MR) is 86.3 cm³/mol. The predicted octanol–water partition coefficient (Wildman–Crippen LogP) is 3.60. The van der Waals surface area contributed by atoms with Crippen LogP contribution < -0.4 is 10.1 Å². The summed E-state index contributed by atoms with van der Waals surface area (Å²) in [5, 5.41) is 2.77. The van der Waals surface area contributed by atoms with E-state index in [1.54, 1.807) is 31.2 Å². The molecule has 0 fully saturated rings. The molecule has 0 saturated carbocycles. The number of ether oxygens (including phenoxy) is 1. The van der Waals surface area contributed by atoms with Crippen molar-refractivity contribution in [3.8, 4) is 5.75 Å². The van der Waals surface area contributed by atoms with Crippen molar-refractivity contribution in [2.75, 3.05) is 5.32 Å². The molecule has 2 aromatic rings. The Morgan fingerprint density at radius 2 is 1.77 bits per heavy atom. The summed E-state index contributed by atoms with van der Waals surface area (Å²) in [5.41, 5.74) is 2.32. The zero-order valence-corrected chi connectivity index (χ0v) is 12.9. The highest BCUT2D eigenvalue weighted by atomic mass is 16.5. The summed E-state index contributed by atoms with van der Waals surface area (Å²) in [4.78, 5) is 23.3. The molecule has 1 unspecified atom stereocenters. The Kier molecular flexibility index (Phi) is 4.94. The number of Topliss-reactive ketones (excluding diaryl/α,β-unsaturated/α-hetero) is 1. The van der Waals surface area contributed by atoms with Crippen LogP contribution in [0.2, 0.25) is 0 Å². The first-order chi connectivity index (χ1) is 10.5. The van der Waals surface area contributed by atoms with Crippen molar-refractivity contribution in [3.05, 3.63) is 59.7 Å². The molecule has 0 saturated heterocycles. The first-order valence-electron chi connectivity index (χ1n) is 7.11. The van der Waals surface area contributed by atoms with Crippen LogP contribution in [-0.2, 0) is 4.79 Å². The van der Waals surface area contributed by atoms with Crippen LogP contribution in [0.4, 0.5) is 5.69 Å². The molecular weight excluding hydrogens is 278 g/mol. The molecule has 1 amide bonds. The minimum atomic E-state index is -0.616. The molecule has 4 nitrogen and oxygen atoms in total. The lowest BCUT2D eigenvalue weighted by molar-refractivity contribution is -0.122. The Bertz CT molecular complexity index is 677. The van der Waals surface area contributed by atoms with Gasteiger partial charge in [0.15, 0.2) is 11.9 Å². The normalized spacial score (nSPS) is 11.6. The van der Waals surface area contributed by atoms with E-state index in [1.807, 2.05) is 31.2 Å². The third kappa shape index (κ3) is 4.19. The first-order valence-corrected chi connectivity index (χ1v) is 7.11. The average molecular weight is 297 g/mol. The van der Waals surface area contributed by atoms with E-state index in [2.05, 4.69) is 5.32 Å². The second-order valence-corrected chi connectivity index (χ2v) is 5.20. The number of amides is 1. The summed E-state index contributed by atoms with van der Waals surface area (Å²) < 4.78 is 5.62. The van der Waals surface area contributed by atoms with E-state index in [4.69, 9.17) is 4.74 Å². The molecule has 0 aromatic heterocycles. The Morgan fingerprint density at radius 3 is 2.36 bits per heavy atom. The lowest BCUT2D eigenvalue weighted by atomic mass is 10.1. The quantitative estimate of drug-likeness (QED) is 0.858. The number of benzene rings is 2. The van der Waals surface area contributed by atoms with Gasteiger partial charge in [-0.25, -0.2) is 0 Å². The third-order valence-corrected chi connectivity index (χ3v) is 3.23. The molecule has 0 aliphatic carbocycles. The van der Waals surface area contributed by atoms with E-state index < -0.39 is 6.10 Å². The Hall–Kier alpha value is -2.62. The highest BCUT2D eigenvalue weighted by Crippen LogP contribution is 2.15. The van der Waals surface area contributed by atoms with Crippen molar-refractivity contribution >= 4 is 17.4 Å². The largest absolute Gasteiger partial charge is 0.481 e. The van der Waals surface area contributed by atoms with Crippen LogP contribution in [0, 0.1) is 6.92 Å². The van der Waals surface area contributed by atoms with Gasteiger partial charge in [-0.3, -0.25) is 9.59 Å². The van der Waals surface area contributed by atoms with Crippen LogP contribution in [0.5, 0.6) is 5.75 Å². The van der Waals surface area contributed by atoms with E-state index in [0.29, 0.717) is 17.0 Å². The maximum absolute atomic E-state index is 12.1. The SMILES string of the molecule is CC(=O)c1ccc(NC(=O)C(C)Oc2cccc(C)c2)cc1. The molecule has 0 bridgehead atoms. The summed E-state index contributed by atoms with van der Waals surface area (Å²) in [6, 6.07) is 14.3. The van der Waals surface area contributed by atoms with E-state index in [1.165, 1.54) is 6.92 Å². The number of carbonyl (C=O) groups is 2. The van der Waals surface area contributed by atoms with Crippen molar-refractivity contribution in [1.29, 1.82) is 0 Å². The standard InChI is InChI=1S/C18H19NO3/c1-12-5-4-6-17(11-12)22-14(3)18(21)19-16-9-7-15(8-10-16)13(2)20/h4-11,14H,1-3H3,(H,19,21). The van der Waals surface area contributed by atoms with Crippen LogP contribution in [0.1, 0.15) is 29.8 Å². The Labute approximate surface area is 130 Å². The van der Waals surface area contributed by atoms with Gasteiger partial charge in [0, 0.05) is 11.3 Å². The minimum Gasteiger partial charge on any atom is -0.481 e. The van der Waals surface area contributed by atoms with Gasteiger partial charge < -0.3 is 10.1 Å². The molecule has 1 atom stereocenters. The molecule has 2 rings (SSSR count). The number of rotatable bonds is 5. The fourth-order valence-corrected chi connectivity index (χ4v) is 1.98. The number of aryl methyl sites for hydroxylation is 1. The summed E-state index contributed by atoms with van der Waals surface area (Å²) in [6.45, 7) is 5.17. The molecule has 0 aliphatic rings. The van der Waals surface area contributed by atoms with E-state index in [-0.39, 0.29) is 11.7 Å². The maximum atomic E-state index is 12.1. The number of carbonyl (C=O) groups excluding carboxylic acids is 2. The topological polar surface area (TPSA) is 55.4 Å².